The van der Waals surface area contributed by atoms with E-state index >= 15 is 0 Å². The van der Waals surface area contributed by atoms with Gasteiger partial charge in [0.05, 0.1) is 19.8 Å². The highest BCUT2D eigenvalue weighted by atomic mass is 19.4. The van der Waals surface area contributed by atoms with Gasteiger partial charge in [0.25, 0.3) is 0 Å². The first-order valence-electron chi connectivity index (χ1n) is 9.53. The van der Waals surface area contributed by atoms with Crippen molar-refractivity contribution in [3.05, 3.63) is 83.4 Å². The molecule has 0 aliphatic carbocycles. The molecular formula is C24H24F3NO2. The van der Waals surface area contributed by atoms with E-state index in [1.165, 1.54) is 13.2 Å². The van der Waals surface area contributed by atoms with Crippen molar-refractivity contribution in [2.24, 2.45) is 0 Å². The first-order valence-corrected chi connectivity index (χ1v) is 9.53. The van der Waals surface area contributed by atoms with Crippen LogP contribution in [0.2, 0.25) is 0 Å². The van der Waals surface area contributed by atoms with Crippen LogP contribution in [0.3, 0.4) is 0 Å². The fourth-order valence-electron chi connectivity index (χ4n) is 3.25. The summed E-state index contributed by atoms with van der Waals surface area (Å²) in [5.74, 6) is 1.32. The number of halogens is 3. The van der Waals surface area contributed by atoms with Gasteiger partial charge >= 0.3 is 6.18 Å². The molecule has 0 saturated carbocycles. The molecule has 30 heavy (non-hydrogen) atoms. The van der Waals surface area contributed by atoms with Gasteiger partial charge in [0.1, 0.15) is 11.5 Å². The van der Waals surface area contributed by atoms with Crippen LogP contribution in [0.4, 0.5) is 13.2 Å². The zero-order chi connectivity index (χ0) is 21.7. The summed E-state index contributed by atoms with van der Waals surface area (Å²) in [5.41, 5.74) is 2.43. The molecule has 6 heteroatoms. The van der Waals surface area contributed by atoms with E-state index in [1.54, 1.807) is 19.2 Å². The summed E-state index contributed by atoms with van der Waals surface area (Å²) in [6, 6.07) is 18.7. The highest BCUT2D eigenvalue weighted by molar-refractivity contribution is 5.72. The molecule has 158 valence electrons. The minimum Gasteiger partial charge on any atom is -0.497 e. The summed E-state index contributed by atoms with van der Waals surface area (Å²) in [4.78, 5) is 0. The van der Waals surface area contributed by atoms with Crippen LogP contribution in [-0.2, 0) is 12.7 Å². The molecule has 0 aromatic heterocycles. The highest BCUT2D eigenvalue weighted by Gasteiger charge is 2.30. The number of rotatable bonds is 7. The van der Waals surface area contributed by atoms with Crippen LogP contribution in [0, 0.1) is 0 Å². The summed E-state index contributed by atoms with van der Waals surface area (Å²) in [6.45, 7) is 2.60. The van der Waals surface area contributed by atoms with Gasteiger partial charge in [-0.25, -0.2) is 0 Å². The van der Waals surface area contributed by atoms with Gasteiger partial charge in [0, 0.05) is 18.2 Å². The van der Waals surface area contributed by atoms with E-state index in [0.29, 0.717) is 23.4 Å². The molecule has 3 aromatic carbocycles. The maximum atomic E-state index is 13.1. The molecule has 0 bridgehead atoms. The number of benzene rings is 3. The largest absolute Gasteiger partial charge is 0.497 e. The van der Waals surface area contributed by atoms with E-state index in [4.69, 9.17) is 9.47 Å². The van der Waals surface area contributed by atoms with Crippen LogP contribution in [0.15, 0.2) is 66.7 Å². The van der Waals surface area contributed by atoms with E-state index in [0.717, 1.165) is 29.0 Å². The molecule has 3 rings (SSSR count). The minimum atomic E-state index is -4.39. The summed E-state index contributed by atoms with van der Waals surface area (Å²) in [7, 11) is 3.14. The minimum absolute atomic E-state index is 0.0687. The average molecular weight is 415 g/mol. The molecule has 0 fully saturated rings. The monoisotopic (exact) mass is 415 g/mol. The topological polar surface area (TPSA) is 30.5 Å². The number of hydrogen-bond acceptors (Lipinski definition) is 3. The quantitative estimate of drug-likeness (QED) is 0.495. The lowest BCUT2D eigenvalue weighted by molar-refractivity contribution is -0.137. The smallest absolute Gasteiger partial charge is 0.416 e. The van der Waals surface area contributed by atoms with Crippen LogP contribution >= 0.6 is 0 Å². The molecule has 3 aromatic rings. The Kier molecular flexibility index (Phi) is 6.67. The van der Waals surface area contributed by atoms with Crippen LogP contribution in [0.5, 0.6) is 11.5 Å². The van der Waals surface area contributed by atoms with Crippen molar-refractivity contribution in [1.29, 1.82) is 0 Å². The number of methoxy groups -OCH3 is 2. The number of hydrogen-bond donors (Lipinski definition) is 1. The van der Waals surface area contributed by atoms with E-state index in [-0.39, 0.29) is 6.04 Å². The first-order chi connectivity index (χ1) is 14.3. The molecule has 0 amide bonds. The zero-order valence-electron chi connectivity index (χ0n) is 17.1. The van der Waals surface area contributed by atoms with Gasteiger partial charge in [-0.05, 0) is 60.0 Å². The summed E-state index contributed by atoms with van der Waals surface area (Å²) >= 11 is 0. The van der Waals surface area contributed by atoms with Crippen LogP contribution in [-0.4, -0.2) is 14.2 Å². The molecule has 3 nitrogen and oxygen atoms in total. The second kappa shape index (κ2) is 9.22. The third-order valence-electron chi connectivity index (χ3n) is 4.97. The summed E-state index contributed by atoms with van der Waals surface area (Å²) in [5, 5.41) is 3.44. The second-order valence-corrected chi connectivity index (χ2v) is 6.99. The maximum absolute atomic E-state index is 13.1. The van der Waals surface area contributed by atoms with Gasteiger partial charge < -0.3 is 14.8 Å². The first kappa shape index (κ1) is 21.7. The third kappa shape index (κ3) is 5.13. The Hall–Kier alpha value is -2.99. The Balaban J connectivity index is 1.82. The molecule has 0 unspecified atom stereocenters. The lowest BCUT2D eigenvalue weighted by atomic mass is 9.99. The van der Waals surface area contributed by atoms with Gasteiger partial charge in [0.2, 0.25) is 0 Å². The Bertz CT molecular complexity index is 1000. The molecule has 1 atom stereocenters. The normalized spacial score (nSPS) is 12.5. The van der Waals surface area contributed by atoms with Gasteiger partial charge in [-0.15, -0.1) is 0 Å². The SMILES string of the molecule is COc1cccc([C@@H](C)NCc2ccc(OC)c(-c3cccc(C(F)(F)F)c3)c2)c1. The van der Waals surface area contributed by atoms with Gasteiger partial charge in [-0.1, -0.05) is 30.3 Å². The van der Waals surface area contributed by atoms with E-state index in [1.807, 2.05) is 43.3 Å². The lowest BCUT2D eigenvalue weighted by Crippen LogP contribution is -2.18. The van der Waals surface area contributed by atoms with Crippen molar-refractivity contribution in [3.8, 4) is 22.6 Å². The van der Waals surface area contributed by atoms with E-state index < -0.39 is 11.7 Å². The van der Waals surface area contributed by atoms with Gasteiger partial charge in [0.15, 0.2) is 0 Å². The Labute approximate surface area is 174 Å². The van der Waals surface area contributed by atoms with Gasteiger partial charge in [-0.3, -0.25) is 0 Å². The van der Waals surface area contributed by atoms with Crippen molar-refractivity contribution in [1.82, 2.24) is 5.32 Å². The molecule has 0 radical (unpaired) electrons. The zero-order valence-corrected chi connectivity index (χ0v) is 17.1. The van der Waals surface area contributed by atoms with Crippen LogP contribution < -0.4 is 14.8 Å². The fraction of sp³-hybridized carbons (Fsp3) is 0.250. The van der Waals surface area contributed by atoms with Crippen molar-refractivity contribution >= 4 is 0 Å². The van der Waals surface area contributed by atoms with E-state index in [2.05, 4.69) is 5.32 Å². The van der Waals surface area contributed by atoms with Crippen molar-refractivity contribution < 1.29 is 22.6 Å². The molecule has 0 spiro atoms. The van der Waals surface area contributed by atoms with Crippen LogP contribution in [0.1, 0.15) is 29.7 Å². The van der Waals surface area contributed by atoms with Crippen molar-refractivity contribution in [2.75, 3.05) is 14.2 Å². The summed E-state index contributed by atoms with van der Waals surface area (Å²) in [6.07, 6.45) is -4.39. The molecule has 0 heterocycles. The highest BCUT2D eigenvalue weighted by Crippen LogP contribution is 2.36. The molecular weight excluding hydrogens is 391 g/mol. The molecule has 0 aliphatic heterocycles. The summed E-state index contributed by atoms with van der Waals surface area (Å²) < 4.78 is 50.0. The van der Waals surface area contributed by atoms with Crippen molar-refractivity contribution in [3.63, 3.8) is 0 Å². The molecule has 1 N–H and O–H groups in total. The van der Waals surface area contributed by atoms with Gasteiger partial charge in [-0.2, -0.15) is 13.2 Å². The predicted octanol–water partition coefficient (Wildman–Crippen LogP) is 6.24. The molecule has 0 saturated heterocycles. The molecule has 0 aliphatic rings. The third-order valence-corrected chi connectivity index (χ3v) is 4.97. The maximum Gasteiger partial charge on any atom is 0.416 e. The number of alkyl halides is 3. The predicted molar refractivity (Wildman–Crippen MR) is 112 cm³/mol. The lowest BCUT2D eigenvalue weighted by Gasteiger charge is -2.17. The number of ether oxygens (including phenoxy) is 2. The Morgan fingerprint density at radius 1 is 0.900 bits per heavy atom. The average Bonchev–Trinajstić information content (AvgIpc) is 2.76. The second-order valence-electron chi connectivity index (χ2n) is 6.99. The van der Waals surface area contributed by atoms with E-state index in [9.17, 15) is 13.2 Å². The Morgan fingerprint density at radius 2 is 1.67 bits per heavy atom. The van der Waals surface area contributed by atoms with Crippen LogP contribution in [0.25, 0.3) is 11.1 Å². The Morgan fingerprint density at radius 3 is 2.37 bits per heavy atom. The number of nitrogens with one attached hydrogen (secondary N) is 1. The van der Waals surface area contributed by atoms with Crippen molar-refractivity contribution in [2.45, 2.75) is 25.7 Å². The fourth-order valence-corrected chi connectivity index (χ4v) is 3.25. The standard InChI is InChI=1S/C24H24F3NO2/c1-16(18-6-5-9-21(14-18)29-2)28-15-17-10-11-23(30-3)22(12-17)19-7-4-8-20(13-19)24(25,26)27/h4-14,16,28H,15H2,1-3H3/t16-/m1/s1.